The smallest absolute Gasteiger partial charge is 0.193 e. The number of para-hydroxylation sites is 3. The molecule has 1 unspecified atom stereocenters. The number of guanidine groups is 1. The second kappa shape index (κ2) is 10.8. The molecule has 0 saturated heterocycles. The molecule has 2 aromatic carbocycles. The zero-order chi connectivity index (χ0) is 17.4. The van der Waals surface area contributed by atoms with Gasteiger partial charge in [0.25, 0.3) is 0 Å². The van der Waals surface area contributed by atoms with Crippen LogP contribution in [-0.2, 0) is 0 Å². The van der Waals surface area contributed by atoms with Gasteiger partial charge < -0.3 is 20.5 Å². The maximum absolute atomic E-state index is 6.02. The van der Waals surface area contributed by atoms with E-state index in [1.54, 1.807) is 7.11 Å². The van der Waals surface area contributed by atoms with Gasteiger partial charge in [0, 0.05) is 0 Å². The van der Waals surface area contributed by atoms with Crippen molar-refractivity contribution in [3.05, 3.63) is 54.1 Å². The Kier molecular flexibility index (Phi) is 9.12. The number of methoxy groups -OCH3 is 1. The van der Waals surface area contributed by atoms with Gasteiger partial charge in [-0.2, -0.15) is 0 Å². The Morgan fingerprint density at radius 1 is 1.12 bits per heavy atom. The minimum atomic E-state index is -0.0240. The normalized spacial score (nSPS) is 12.0. The minimum absolute atomic E-state index is 0. The summed E-state index contributed by atoms with van der Waals surface area (Å²) in [6.07, 6.45) is 0.823. The molecule has 0 spiro atoms. The van der Waals surface area contributed by atoms with Crippen LogP contribution in [0.1, 0.15) is 18.9 Å². The Morgan fingerprint density at radius 2 is 1.76 bits per heavy atom. The Hall–Kier alpha value is -1.96. The van der Waals surface area contributed by atoms with Gasteiger partial charge in [0.2, 0.25) is 0 Å². The van der Waals surface area contributed by atoms with E-state index in [2.05, 4.69) is 17.2 Å². The molecular formula is C19H26IN3O2. The summed E-state index contributed by atoms with van der Waals surface area (Å²) < 4.78 is 11.3. The third-order valence-electron chi connectivity index (χ3n) is 3.68. The van der Waals surface area contributed by atoms with Gasteiger partial charge in [0.15, 0.2) is 5.96 Å². The average molecular weight is 455 g/mol. The third-order valence-corrected chi connectivity index (χ3v) is 3.68. The second-order valence-corrected chi connectivity index (χ2v) is 5.46. The summed E-state index contributed by atoms with van der Waals surface area (Å²) in [6, 6.07) is 15.5. The Balaban J connectivity index is 0.00000312. The molecule has 0 aliphatic carbocycles. The van der Waals surface area contributed by atoms with Gasteiger partial charge in [0.1, 0.15) is 17.6 Å². The fourth-order valence-electron chi connectivity index (χ4n) is 2.24. The van der Waals surface area contributed by atoms with E-state index in [9.17, 15) is 0 Å². The number of halogens is 1. The summed E-state index contributed by atoms with van der Waals surface area (Å²) in [4.78, 5) is 4.39. The molecule has 136 valence electrons. The van der Waals surface area contributed by atoms with Crippen molar-refractivity contribution in [1.82, 2.24) is 0 Å². The van der Waals surface area contributed by atoms with Crippen molar-refractivity contribution in [2.45, 2.75) is 26.4 Å². The molecule has 0 fully saturated rings. The Labute approximate surface area is 166 Å². The third kappa shape index (κ3) is 6.45. The van der Waals surface area contributed by atoms with Gasteiger partial charge in [-0.05, 0) is 37.1 Å². The molecule has 2 aromatic rings. The monoisotopic (exact) mass is 455 g/mol. The zero-order valence-electron chi connectivity index (χ0n) is 14.9. The Morgan fingerprint density at radius 3 is 2.40 bits per heavy atom. The number of aryl methyl sites for hydroxylation is 1. The van der Waals surface area contributed by atoms with Crippen LogP contribution in [0.5, 0.6) is 11.5 Å². The highest BCUT2D eigenvalue weighted by molar-refractivity contribution is 14.0. The number of rotatable bonds is 7. The van der Waals surface area contributed by atoms with E-state index in [-0.39, 0.29) is 30.1 Å². The predicted molar refractivity (Wildman–Crippen MR) is 114 cm³/mol. The van der Waals surface area contributed by atoms with E-state index >= 15 is 0 Å². The summed E-state index contributed by atoms with van der Waals surface area (Å²) in [5.41, 5.74) is 7.88. The molecule has 0 amide bonds. The highest BCUT2D eigenvalue weighted by atomic mass is 127. The van der Waals surface area contributed by atoms with E-state index in [0.717, 1.165) is 29.2 Å². The fourth-order valence-corrected chi connectivity index (χ4v) is 2.24. The molecule has 25 heavy (non-hydrogen) atoms. The molecular weight excluding hydrogens is 429 g/mol. The number of nitrogens with zero attached hydrogens (tertiary/aromatic N) is 1. The lowest BCUT2D eigenvalue weighted by atomic mass is 10.2. The number of aliphatic imine (C=N–C) groups is 1. The van der Waals surface area contributed by atoms with Crippen LogP contribution in [0, 0.1) is 6.92 Å². The SMILES string of the molecule is CCC(CN=C(N)Nc1ccccc1OC)Oc1ccccc1C.I. The molecule has 0 heterocycles. The lowest BCUT2D eigenvalue weighted by molar-refractivity contribution is 0.204. The molecule has 5 nitrogen and oxygen atoms in total. The highest BCUT2D eigenvalue weighted by Crippen LogP contribution is 2.22. The van der Waals surface area contributed by atoms with E-state index in [0.29, 0.717) is 12.5 Å². The minimum Gasteiger partial charge on any atom is -0.495 e. The van der Waals surface area contributed by atoms with Crippen LogP contribution in [0.4, 0.5) is 5.69 Å². The summed E-state index contributed by atoms with van der Waals surface area (Å²) in [5, 5.41) is 3.06. The average Bonchev–Trinajstić information content (AvgIpc) is 2.60. The van der Waals surface area contributed by atoms with Crippen LogP contribution < -0.4 is 20.5 Å². The first kappa shape index (κ1) is 21.1. The van der Waals surface area contributed by atoms with Crippen LogP contribution in [0.15, 0.2) is 53.5 Å². The van der Waals surface area contributed by atoms with Crippen LogP contribution >= 0.6 is 24.0 Å². The number of benzene rings is 2. The predicted octanol–water partition coefficient (Wildman–Crippen LogP) is 4.21. The molecule has 0 aliphatic heterocycles. The summed E-state index contributed by atoms with van der Waals surface area (Å²) in [7, 11) is 1.62. The van der Waals surface area contributed by atoms with Gasteiger partial charge in [-0.15, -0.1) is 24.0 Å². The molecule has 3 N–H and O–H groups in total. The second-order valence-electron chi connectivity index (χ2n) is 5.46. The van der Waals surface area contributed by atoms with Crippen molar-refractivity contribution >= 4 is 35.6 Å². The van der Waals surface area contributed by atoms with Crippen molar-refractivity contribution in [3.63, 3.8) is 0 Å². The van der Waals surface area contributed by atoms with Crippen molar-refractivity contribution in [3.8, 4) is 11.5 Å². The van der Waals surface area contributed by atoms with Crippen LogP contribution in [-0.4, -0.2) is 25.7 Å². The molecule has 0 aromatic heterocycles. The number of ether oxygens (including phenoxy) is 2. The van der Waals surface area contributed by atoms with Crippen LogP contribution in [0.25, 0.3) is 0 Å². The molecule has 6 heteroatoms. The first-order valence-electron chi connectivity index (χ1n) is 8.06. The van der Waals surface area contributed by atoms with E-state index in [4.69, 9.17) is 15.2 Å². The molecule has 1 atom stereocenters. The lowest BCUT2D eigenvalue weighted by Gasteiger charge is -2.17. The maximum atomic E-state index is 6.02. The summed E-state index contributed by atoms with van der Waals surface area (Å²) >= 11 is 0. The van der Waals surface area contributed by atoms with Gasteiger partial charge in [-0.3, -0.25) is 0 Å². The first-order valence-corrected chi connectivity index (χ1v) is 8.06. The van der Waals surface area contributed by atoms with Crippen molar-refractivity contribution in [2.24, 2.45) is 10.7 Å². The van der Waals surface area contributed by atoms with E-state index < -0.39 is 0 Å². The molecule has 0 radical (unpaired) electrons. The lowest BCUT2D eigenvalue weighted by Crippen LogP contribution is -2.27. The quantitative estimate of drug-likeness (QED) is 0.373. The molecule has 0 saturated carbocycles. The first-order chi connectivity index (χ1) is 11.6. The largest absolute Gasteiger partial charge is 0.495 e. The molecule has 2 rings (SSSR count). The highest BCUT2D eigenvalue weighted by Gasteiger charge is 2.10. The van der Waals surface area contributed by atoms with Gasteiger partial charge in [-0.1, -0.05) is 37.3 Å². The molecule has 0 aliphatic rings. The van der Waals surface area contributed by atoms with Gasteiger partial charge in [0.05, 0.1) is 19.3 Å². The van der Waals surface area contributed by atoms with Gasteiger partial charge >= 0.3 is 0 Å². The van der Waals surface area contributed by atoms with Crippen molar-refractivity contribution in [1.29, 1.82) is 0 Å². The molecule has 0 bridgehead atoms. The summed E-state index contributed by atoms with van der Waals surface area (Å²) in [5.74, 6) is 1.95. The number of hydrogen-bond acceptors (Lipinski definition) is 3. The zero-order valence-corrected chi connectivity index (χ0v) is 17.2. The van der Waals surface area contributed by atoms with Crippen molar-refractivity contribution in [2.75, 3.05) is 19.0 Å². The van der Waals surface area contributed by atoms with E-state index in [1.807, 2.05) is 55.5 Å². The number of anilines is 1. The fraction of sp³-hybridized carbons (Fsp3) is 0.316. The Bertz CT molecular complexity index is 692. The van der Waals surface area contributed by atoms with E-state index in [1.165, 1.54) is 0 Å². The van der Waals surface area contributed by atoms with Crippen LogP contribution in [0.2, 0.25) is 0 Å². The maximum Gasteiger partial charge on any atom is 0.193 e. The van der Waals surface area contributed by atoms with Crippen LogP contribution in [0.3, 0.4) is 0 Å². The number of nitrogens with two attached hydrogens (primary N) is 1. The van der Waals surface area contributed by atoms with Crippen molar-refractivity contribution < 1.29 is 9.47 Å². The summed E-state index contributed by atoms with van der Waals surface area (Å²) in [6.45, 7) is 4.59. The number of hydrogen-bond donors (Lipinski definition) is 2. The topological polar surface area (TPSA) is 68.9 Å². The van der Waals surface area contributed by atoms with Gasteiger partial charge in [-0.25, -0.2) is 4.99 Å². The standard InChI is InChI=1S/C19H25N3O2.HI/c1-4-15(24-17-11-7-5-9-14(17)2)13-21-19(20)22-16-10-6-8-12-18(16)23-3;/h5-12,15H,4,13H2,1-3H3,(H3,20,21,22);1H. The number of nitrogens with one attached hydrogen (secondary N) is 1.